The molecule has 1 aliphatic carbocycles. The zero-order chi connectivity index (χ0) is 28.6. The number of piperidine rings is 1. The summed E-state index contributed by atoms with van der Waals surface area (Å²) in [6.45, 7) is 11.8. The molecule has 2 saturated heterocycles. The fourth-order valence-electron chi connectivity index (χ4n) is 7.14. The number of aromatic nitrogens is 2. The average Bonchev–Trinajstić information content (AvgIpc) is 3.43. The number of ether oxygens (including phenoxy) is 1. The SMILES string of the molecule is Cc1nc(C2CC2c2ccc(C(=O)NC3CC4(C)CCC(C)(C3)N4C(=O)OC(C)(C)C)cc2Cl)c2ccsc2n1. The second-order valence-corrected chi connectivity index (χ2v) is 14.7. The van der Waals surface area contributed by atoms with Crippen molar-refractivity contribution in [3.05, 3.63) is 57.3 Å². The molecule has 6 rings (SSSR count). The zero-order valence-corrected chi connectivity index (χ0v) is 25.6. The summed E-state index contributed by atoms with van der Waals surface area (Å²) >= 11 is 8.41. The highest BCUT2D eigenvalue weighted by Crippen LogP contribution is 2.57. The van der Waals surface area contributed by atoms with Gasteiger partial charge >= 0.3 is 6.09 Å². The lowest BCUT2D eigenvalue weighted by molar-refractivity contribution is -0.0375. The quantitative estimate of drug-likeness (QED) is 0.348. The molecule has 2 aliphatic heterocycles. The number of nitrogens with one attached hydrogen (secondary N) is 1. The van der Waals surface area contributed by atoms with Gasteiger partial charge in [-0.1, -0.05) is 17.7 Å². The van der Waals surface area contributed by atoms with E-state index in [0.717, 1.165) is 46.6 Å². The van der Waals surface area contributed by atoms with Crippen LogP contribution in [0.4, 0.5) is 4.79 Å². The van der Waals surface area contributed by atoms with Gasteiger partial charge in [-0.25, -0.2) is 14.8 Å². The van der Waals surface area contributed by atoms with Crippen molar-refractivity contribution in [2.45, 2.75) is 108 Å². The van der Waals surface area contributed by atoms with E-state index in [-0.39, 0.29) is 35.0 Å². The smallest absolute Gasteiger partial charge is 0.411 e. The molecule has 2 amide bonds. The van der Waals surface area contributed by atoms with Crippen molar-refractivity contribution >= 4 is 45.2 Å². The Bertz CT molecular complexity index is 1500. The van der Waals surface area contributed by atoms with Crippen molar-refractivity contribution in [1.29, 1.82) is 0 Å². The highest BCUT2D eigenvalue weighted by Gasteiger charge is 2.58. The van der Waals surface area contributed by atoms with Gasteiger partial charge in [0.2, 0.25) is 0 Å². The third kappa shape index (κ3) is 4.87. The van der Waals surface area contributed by atoms with Crippen LogP contribution in [0.15, 0.2) is 29.6 Å². The number of halogens is 1. The Morgan fingerprint density at radius 2 is 1.80 bits per heavy atom. The molecular weight excluding hydrogens is 544 g/mol. The average molecular weight is 581 g/mol. The van der Waals surface area contributed by atoms with Crippen molar-refractivity contribution in [3.63, 3.8) is 0 Å². The maximum absolute atomic E-state index is 13.4. The molecule has 0 spiro atoms. The van der Waals surface area contributed by atoms with Gasteiger partial charge in [0.15, 0.2) is 0 Å². The monoisotopic (exact) mass is 580 g/mol. The van der Waals surface area contributed by atoms with E-state index in [2.05, 4.69) is 35.6 Å². The van der Waals surface area contributed by atoms with Crippen LogP contribution < -0.4 is 5.32 Å². The summed E-state index contributed by atoms with van der Waals surface area (Å²) in [7, 11) is 0. The lowest BCUT2D eigenvalue weighted by Gasteiger charge is -2.50. The normalized spacial score (nSPS) is 29.5. The van der Waals surface area contributed by atoms with Crippen molar-refractivity contribution in [2.24, 2.45) is 0 Å². The first-order valence-electron chi connectivity index (χ1n) is 14.1. The highest BCUT2D eigenvalue weighted by atomic mass is 35.5. The second kappa shape index (κ2) is 9.41. The molecule has 4 atom stereocenters. The topological polar surface area (TPSA) is 84.4 Å². The largest absolute Gasteiger partial charge is 0.444 e. The summed E-state index contributed by atoms with van der Waals surface area (Å²) in [4.78, 5) is 38.8. The molecule has 2 aromatic heterocycles. The van der Waals surface area contributed by atoms with E-state index in [1.54, 1.807) is 17.4 Å². The van der Waals surface area contributed by atoms with Gasteiger partial charge in [0.05, 0.1) is 5.69 Å². The number of rotatable bonds is 4. The van der Waals surface area contributed by atoms with E-state index in [1.807, 2.05) is 44.7 Å². The Balaban J connectivity index is 1.14. The van der Waals surface area contributed by atoms with Crippen LogP contribution in [-0.2, 0) is 4.74 Å². The van der Waals surface area contributed by atoms with Crippen LogP contribution >= 0.6 is 22.9 Å². The standard InChI is InChI=1S/C31H37ClN4O3S/c1-17-33-25(21-9-12-40-27(21)34-17)23-14-22(23)20-8-7-18(13-24(20)32)26(37)35-19-15-30(5)10-11-31(6,16-19)36(30)28(38)39-29(2,3)4/h7-9,12-13,19,22-23H,10-11,14-16H2,1-6H3,(H,35,37). The Labute approximate surface area is 244 Å². The van der Waals surface area contributed by atoms with E-state index < -0.39 is 5.60 Å². The second-order valence-electron chi connectivity index (χ2n) is 13.4. The molecule has 212 valence electrons. The molecule has 7 nitrogen and oxygen atoms in total. The van der Waals surface area contributed by atoms with E-state index in [9.17, 15) is 9.59 Å². The molecule has 3 aromatic rings. The fourth-order valence-corrected chi connectivity index (χ4v) is 8.27. The summed E-state index contributed by atoms with van der Waals surface area (Å²) in [6.07, 6.45) is 3.89. The van der Waals surface area contributed by atoms with Crippen molar-refractivity contribution in [1.82, 2.24) is 20.2 Å². The summed E-state index contributed by atoms with van der Waals surface area (Å²) in [5.41, 5.74) is 1.45. The van der Waals surface area contributed by atoms with Crippen LogP contribution in [0.5, 0.6) is 0 Å². The number of benzene rings is 1. The predicted octanol–water partition coefficient (Wildman–Crippen LogP) is 7.36. The molecule has 40 heavy (non-hydrogen) atoms. The van der Waals surface area contributed by atoms with Crippen molar-refractivity contribution in [3.8, 4) is 0 Å². The minimum absolute atomic E-state index is 0.0380. The number of carbonyl (C=O) groups excluding carboxylic acids is 2. The molecule has 9 heteroatoms. The number of hydrogen-bond acceptors (Lipinski definition) is 6. The molecule has 1 aromatic carbocycles. The van der Waals surface area contributed by atoms with Gasteiger partial charge in [0.25, 0.3) is 5.91 Å². The molecule has 3 fully saturated rings. The molecular formula is C31H37ClN4O3S. The summed E-state index contributed by atoms with van der Waals surface area (Å²) in [6, 6.07) is 7.73. The zero-order valence-electron chi connectivity index (χ0n) is 24.0. The summed E-state index contributed by atoms with van der Waals surface area (Å²) in [5, 5.41) is 7.06. The molecule has 0 radical (unpaired) electrons. The summed E-state index contributed by atoms with van der Waals surface area (Å²) in [5.74, 6) is 1.26. The van der Waals surface area contributed by atoms with Gasteiger partial charge in [-0.05, 0) is 109 Å². The number of amides is 2. The van der Waals surface area contributed by atoms with Gasteiger partial charge in [-0.15, -0.1) is 11.3 Å². The maximum atomic E-state index is 13.4. The van der Waals surface area contributed by atoms with Crippen LogP contribution in [0.25, 0.3) is 10.2 Å². The van der Waals surface area contributed by atoms with Gasteiger partial charge in [-0.2, -0.15) is 0 Å². The minimum Gasteiger partial charge on any atom is -0.444 e. The maximum Gasteiger partial charge on any atom is 0.411 e. The van der Waals surface area contributed by atoms with Crippen LogP contribution in [0.3, 0.4) is 0 Å². The number of hydrogen-bond donors (Lipinski definition) is 1. The number of fused-ring (bicyclic) bond motifs is 3. The Kier molecular flexibility index (Phi) is 6.46. The predicted molar refractivity (Wildman–Crippen MR) is 158 cm³/mol. The van der Waals surface area contributed by atoms with Crippen molar-refractivity contribution in [2.75, 3.05) is 0 Å². The third-order valence-electron chi connectivity index (χ3n) is 8.84. The first-order valence-corrected chi connectivity index (χ1v) is 15.4. The molecule has 2 bridgehead atoms. The minimum atomic E-state index is -0.551. The first-order chi connectivity index (χ1) is 18.8. The fraction of sp³-hybridized carbons (Fsp3) is 0.548. The Hall–Kier alpha value is -2.71. The number of nitrogens with zero attached hydrogens (tertiary/aromatic N) is 3. The third-order valence-corrected chi connectivity index (χ3v) is 9.97. The highest BCUT2D eigenvalue weighted by molar-refractivity contribution is 7.16. The molecule has 4 heterocycles. The number of aryl methyl sites for hydroxylation is 1. The van der Waals surface area contributed by atoms with Crippen molar-refractivity contribution < 1.29 is 14.3 Å². The number of carbonyl (C=O) groups is 2. The van der Waals surface area contributed by atoms with Crippen LogP contribution in [-0.4, -0.2) is 49.6 Å². The van der Waals surface area contributed by atoms with Gasteiger partial charge in [-0.3, -0.25) is 9.69 Å². The Morgan fingerprint density at radius 3 is 2.45 bits per heavy atom. The van der Waals surface area contributed by atoms with E-state index in [4.69, 9.17) is 21.3 Å². The number of thiophene rings is 1. The molecule has 1 saturated carbocycles. The van der Waals surface area contributed by atoms with Crippen LogP contribution in [0.1, 0.15) is 106 Å². The first kappa shape index (κ1) is 27.5. The van der Waals surface area contributed by atoms with E-state index in [0.29, 0.717) is 29.3 Å². The molecule has 4 unspecified atom stereocenters. The molecule has 1 N–H and O–H groups in total. The van der Waals surface area contributed by atoms with E-state index >= 15 is 0 Å². The van der Waals surface area contributed by atoms with Crippen LogP contribution in [0.2, 0.25) is 5.02 Å². The van der Waals surface area contributed by atoms with Crippen LogP contribution in [0, 0.1) is 6.92 Å². The summed E-state index contributed by atoms with van der Waals surface area (Å²) < 4.78 is 5.76. The van der Waals surface area contributed by atoms with Gasteiger partial charge < -0.3 is 10.1 Å². The van der Waals surface area contributed by atoms with E-state index in [1.165, 1.54) is 0 Å². The Morgan fingerprint density at radius 1 is 1.10 bits per heavy atom. The lowest BCUT2D eigenvalue weighted by Crippen LogP contribution is -2.63. The van der Waals surface area contributed by atoms with Gasteiger partial charge in [0, 0.05) is 39.0 Å². The van der Waals surface area contributed by atoms with Gasteiger partial charge in [0.1, 0.15) is 16.3 Å². The lowest BCUT2D eigenvalue weighted by atomic mass is 9.82. The molecule has 3 aliphatic rings.